The standard InChI is InChI=1S/C14H21N5/c1-18-6-5-10(8-18)9-19(2)14-16-12-4-3-11(15)7-13(12)17-14/h3-4,7,10H,5-6,8-9,15H2,1-2H3,(H,16,17). The Hall–Kier alpha value is -1.75. The molecule has 1 atom stereocenters. The molecule has 0 saturated carbocycles. The minimum Gasteiger partial charge on any atom is -0.399 e. The molecule has 5 nitrogen and oxygen atoms in total. The van der Waals surface area contributed by atoms with Crippen LogP contribution in [0.25, 0.3) is 11.0 Å². The van der Waals surface area contributed by atoms with E-state index in [0.717, 1.165) is 35.1 Å². The quantitative estimate of drug-likeness (QED) is 0.821. The first kappa shape index (κ1) is 12.3. The first-order chi connectivity index (χ1) is 9.11. The van der Waals surface area contributed by atoms with Crippen molar-refractivity contribution in [3.8, 4) is 0 Å². The van der Waals surface area contributed by atoms with Crippen LogP contribution in [-0.2, 0) is 0 Å². The van der Waals surface area contributed by atoms with Crippen LogP contribution in [0.2, 0.25) is 0 Å². The number of nitrogens with one attached hydrogen (secondary N) is 1. The average molecular weight is 259 g/mol. The van der Waals surface area contributed by atoms with Crippen LogP contribution in [0.5, 0.6) is 0 Å². The van der Waals surface area contributed by atoms with Crippen molar-refractivity contribution in [3.63, 3.8) is 0 Å². The Kier molecular flexibility index (Phi) is 3.06. The first-order valence-corrected chi connectivity index (χ1v) is 6.77. The molecule has 0 amide bonds. The van der Waals surface area contributed by atoms with Crippen LogP contribution in [0, 0.1) is 5.92 Å². The van der Waals surface area contributed by atoms with E-state index in [1.165, 1.54) is 19.5 Å². The number of anilines is 2. The van der Waals surface area contributed by atoms with Crippen molar-refractivity contribution >= 4 is 22.7 Å². The van der Waals surface area contributed by atoms with Crippen LogP contribution in [-0.4, -0.2) is 48.6 Å². The maximum Gasteiger partial charge on any atom is 0.203 e. The predicted molar refractivity (Wildman–Crippen MR) is 79.4 cm³/mol. The Morgan fingerprint density at radius 1 is 1.53 bits per heavy atom. The van der Waals surface area contributed by atoms with E-state index in [1.807, 2.05) is 18.2 Å². The van der Waals surface area contributed by atoms with Crippen LogP contribution >= 0.6 is 0 Å². The summed E-state index contributed by atoms with van der Waals surface area (Å²) in [5.41, 5.74) is 8.53. The second-order valence-electron chi connectivity index (χ2n) is 5.63. The molecular weight excluding hydrogens is 238 g/mol. The summed E-state index contributed by atoms with van der Waals surface area (Å²) < 4.78 is 0. The fourth-order valence-corrected chi connectivity index (χ4v) is 2.84. The Bertz CT molecular complexity index is 576. The highest BCUT2D eigenvalue weighted by Crippen LogP contribution is 2.21. The normalized spacial score (nSPS) is 20.2. The minimum absolute atomic E-state index is 0.730. The summed E-state index contributed by atoms with van der Waals surface area (Å²) in [6, 6.07) is 5.78. The SMILES string of the molecule is CN1CCC(CN(C)c2nc3ccc(N)cc3[nH]2)C1. The molecule has 5 heteroatoms. The van der Waals surface area contributed by atoms with Gasteiger partial charge in [0.05, 0.1) is 11.0 Å². The Balaban J connectivity index is 1.75. The highest BCUT2D eigenvalue weighted by Gasteiger charge is 2.21. The van der Waals surface area contributed by atoms with Gasteiger partial charge in [-0.1, -0.05) is 0 Å². The van der Waals surface area contributed by atoms with Gasteiger partial charge in [-0.05, 0) is 44.1 Å². The number of likely N-dealkylation sites (tertiary alicyclic amines) is 1. The number of nitrogen functional groups attached to an aromatic ring is 1. The summed E-state index contributed by atoms with van der Waals surface area (Å²) in [5, 5.41) is 0. The van der Waals surface area contributed by atoms with E-state index in [0.29, 0.717) is 0 Å². The van der Waals surface area contributed by atoms with Gasteiger partial charge in [-0.2, -0.15) is 0 Å². The summed E-state index contributed by atoms with van der Waals surface area (Å²) in [6.07, 6.45) is 1.27. The molecule has 19 heavy (non-hydrogen) atoms. The third-order valence-corrected chi connectivity index (χ3v) is 3.88. The molecule has 1 unspecified atom stereocenters. The molecule has 3 N–H and O–H groups in total. The van der Waals surface area contributed by atoms with Gasteiger partial charge in [0.15, 0.2) is 0 Å². The molecule has 1 aromatic carbocycles. The van der Waals surface area contributed by atoms with E-state index in [9.17, 15) is 0 Å². The first-order valence-electron chi connectivity index (χ1n) is 6.77. The molecule has 1 aliphatic heterocycles. The Labute approximate surface area is 113 Å². The van der Waals surface area contributed by atoms with Crippen molar-refractivity contribution < 1.29 is 0 Å². The number of nitrogens with two attached hydrogens (primary N) is 1. The lowest BCUT2D eigenvalue weighted by atomic mass is 10.1. The fraction of sp³-hybridized carbons (Fsp3) is 0.500. The highest BCUT2D eigenvalue weighted by molar-refractivity contribution is 5.80. The van der Waals surface area contributed by atoms with Crippen LogP contribution in [0.15, 0.2) is 18.2 Å². The molecule has 0 radical (unpaired) electrons. The molecule has 1 aromatic heterocycles. The lowest BCUT2D eigenvalue weighted by Gasteiger charge is -2.20. The van der Waals surface area contributed by atoms with Gasteiger partial charge in [0.2, 0.25) is 5.95 Å². The maximum atomic E-state index is 5.79. The van der Waals surface area contributed by atoms with E-state index < -0.39 is 0 Å². The number of imidazole rings is 1. The van der Waals surface area contributed by atoms with Crippen LogP contribution in [0.4, 0.5) is 11.6 Å². The van der Waals surface area contributed by atoms with E-state index in [2.05, 4.69) is 33.9 Å². The molecule has 102 valence electrons. The number of rotatable bonds is 3. The molecule has 0 aliphatic carbocycles. The lowest BCUT2D eigenvalue weighted by molar-refractivity contribution is 0.395. The second-order valence-corrected chi connectivity index (χ2v) is 5.63. The van der Waals surface area contributed by atoms with Crippen molar-refractivity contribution in [2.45, 2.75) is 6.42 Å². The number of hydrogen-bond acceptors (Lipinski definition) is 4. The molecule has 2 heterocycles. The van der Waals surface area contributed by atoms with Crippen molar-refractivity contribution in [1.29, 1.82) is 0 Å². The monoisotopic (exact) mass is 259 g/mol. The Morgan fingerprint density at radius 2 is 2.37 bits per heavy atom. The van der Waals surface area contributed by atoms with Crippen LogP contribution in [0.1, 0.15) is 6.42 Å². The van der Waals surface area contributed by atoms with E-state index in [4.69, 9.17) is 5.73 Å². The zero-order chi connectivity index (χ0) is 13.4. The third-order valence-electron chi connectivity index (χ3n) is 3.88. The molecule has 1 saturated heterocycles. The van der Waals surface area contributed by atoms with Gasteiger partial charge in [-0.15, -0.1) is 0 Å². The number of nitrogens with zero attached hydrogens (tertiary/aromatic N) is 3. The van der Waals surface area contributed by atoms with Gasteiger partial charge in [0, 0.05) is 25.8 Å². The highest BCUT2D eigenvalue weighted by atomic mass is 15.2. The van der Waals surface area contributed by atoms with E-state index in [1.54, 1.807) is 0 Å². The zero-order valence-corrected chi connectivity index (χ0v) is 11.6. The van der Waals surface area contributed by atoms with E-state index >= 15 is 0 Å². The van der Waals surface area contributed by atoms with Gasteiger partial charge in [0.1, 0.15) is 0 Å². The average Bonchev–Trinajstić information content (AvgIpc) is 2.95. The van der Waals surface area contributed by atoms with Crippen molar-refractivity contribution in [1.82, 2.24) is 14.9 Å². The summed E-state index contributed by atoms with van der Waals surface area (Å²) in [5.74, 6) is 1.66. The second kappa shape index (κ2) is 4.74. The number of H-pyrrole nitrogens is 1. The topological polar surface area (TPSA) is 61.2 Å². The summed E-state index contributed by atoms with van der Waals surface area (Å²) in [6.45, 7) is 3.42. The summed E-state index contributed by atoms with van der Waals surface area (Å²) in [4.78, 5) is 12.6. The van der Waals surface area contributed by atoms with Gasteiger partial charge >= 0.3 is 0 Å². The fourth-order valence-electron chi connectivity index (χ4n) is 2.84. The predicted octanol–water partition coefficient (Wildman–Crippen LogP) is 1.53. The third kappa shape index (κ3) is 2.51. The molecule has 3 rings (SSSR count). The summed E-state index contributed by atoms with van der Waals surface area (Å²) >= 11 is 0. The lowest BCUT2D eigenvalue weighted by Crippen LogP contribution is -2.27. The van der Waals surface area contributed by atoms with Gasteiger partial charge in [-0.3, -0.25) is 0 Å². The van der Waals surface area contributed by atoms with Crippen molar-refractivity contribution in [2.24, 2.45) is 5.92 Å². The van der Waals surface area contributed by atoms with Gasteiger partial charge in [-0.25, -0.2) is 4.98 Å². The Morgan fingerprint density at radius 3 is 3.11 bits per heavy atom. The molecule has 0 spiro atoms. The smallest absolute Gasteiger partial charge is 0.203 e. The van der Waals surface area contributed by atoms with Gasteiger partial charge in [0.25, 0.3) is 0 Å². The number of fused-ring (bicyclic) bond motifs is 1. The molecule has 2 aromatic rings. The molecule has 1 fully saturated rings. The largest absolute Gasteiger partial charge is 0.399 e. The zero-order valence-electron chi connectivity index (χ0n) is 11.6. The van der Waals surface area contributed by atoms with Crippen LogP contribution in [0.3, 0.4) is 0 Å². The summed E-state index contributed by atoms with van der Waals surface area (Å²) in [7, 11) is 4.28. The molecular formula is C14H21N5. The van der Waals surface area contributed by atoms with Crippen molar-refractivity contribution in [3.05, 3.63) is 18.2 Å². The minimum atomic E-state index is 0.730. The van der Waals surface area contributed by atoms with Gasteiger partial charge < -0.3 is 20.5 Å². The number of aromatic nitrogens is 2. The van der Waals surface area contributed by atoms with Crippen LogP contribution < -0.4 is 10.6 Å². The number of hydrogen-bond donors (Lipinski definition) is 2. The number of aromatic amines is 1. The van der Waals surface area contributed by atoms with Crippen molar-refractivity contribution in [2.75, 3.05) is 44.4 Å². The maximum absolute atomic E-state index is 5.79. The number of benzene rings is 1. The van der Waals surface area contributed by atoms with E-state index in [-0.39, 0.29) is 0 Å². The molecule has 1 aliphatic rings. The molecule has 0 bridgehead atoms.